The monoisotopic (exact) mass is 2080 g/mol. The van der Waals surface area contributed by atoms with E-state index in [1.165, 1.54) is 0 Å². The number of ether oxygens (including phenoxy) is 34. The molecule has 145 heavy (non-hydrogen) atoms. The minimum Gasteiger partial charge on any atom is -0.463 e. The van der Waals surface area contributed by atoms with Crippen molar-refractivity contribution in [3.05, 3.63) is 0 Å². The van der Waals surface area contributed by atoms with E-state index in [-0.39, 0.29) is 0 Å². The second kappa shape index (κ2) is 53.6. The lowest BCUT2D eigenvalue weighted by Crippen LogP contribution is -2.70. The summed E-state index contributed by atoms with van der Waals surface area (Å²) in [5.41, 5.74) is 0. The fourth-order valence-corrected chi connectivity index (χ4v) is 17.5. The predicted molar refractivity (Wildman–Crippen MR) is 452 cm³/mol. The lowest BCUT2D eigenvalue weighted by atomic mass is 9.88. The Kier molecular flexibility index (Phi) is 43.2. The summed E-state index contributed by atoms with van der Waals surface area (Å²) < 4.78 is 211. The van der Waals surface area contributed by atoms with E-state index in [1.807, 2.05) is 0 Å². The number of nitrogens with one attached hydrogen (secondary N) is 1. The van der Waals surface area contributed by atoms with Crippen molar-refractivity contribution in [3.63, 3.8) is 0 Å². The Hall–Kier alpha value is -11.7. The van der Waals surface area contributed by atoms with Crippen molar-refractivity contribution in [3.8, 4) is 0 Å². The van der Waals surface area contributed by atoms with Gasteiger partial charge in [0.15, 0.2) is 129 Å². The Morgan fingerprint density at radius 2 is 0.317 bits per heavy atom. The van der Waals surface area contributed by atoms with Gasteiger partial charge in [-0.25, -0.2) is 0 Å². The first kappa shape index (κ1) is 117. The molecular formula is C89H121NO55. The van der Waals surface area contributed by atoms with Crippen molar-refractivity contribution in [2.45, 2.75) is 386 Å². The van der Waals surface area contributed by atoms with Crippen molar-refractivity contribution in [2.24, 2.45) is 5.92 Å². The average molecular weight is 2080 g/mol. The Morgan fingerprint density at radius 1 is 0.179 bits per heavy atom. The maximum absolute atomic E-state index is 14.7. The highest BCUT2D eigenvalue weighted by Gasteiger charge is 2.67. The van der Waals surface area contributed by atoms with Crippen LogP contribution in [0.15, 0.2) is 0 Å². The zero-order chi connectivity index (χ0) is 107. The number of hydrogen-bond donors (Lipinski definition) is 1. The lowest BCUT2D eigenvalue weighted by Gasteiger charge is -2.52. The van der Waals surface area contributed by atoms with Gasteiger partial charge in [-0.1, -0.05) is 19.3 Å². The van der Waals surface area contributed by atoms with E-state index in [0.29, 0.717) is 25.7 Å². The normalized spacial score (nSPS) is 34.6. The number of rotatable bonds is 29. The number of amides is 1. The minimum absolute atomic E-state index is 0.336. The summed E-state index contributed by atoms with van der Waals surface area (Å²) in [4.78, 5) is 291. The highest BCUT2D eigenvalue weighted by Crippen LogP contribution is 2.45. The van der Waals surface area contributed by atoms with Crippen molar-refractivity contribution in [2.75, 3.05) is 46.2 Å². The van der Waals surface area contributed by atoms with E-state index in [0.717, 1.165) is 145 Å². The third kappa shape index (κ3) is 33.4. The van der Waals surface area contributed by atoms with Crippen LogP contribution in [-0.2, 0) is 262 Å². The van der Waals surface area contributed by atoms with Gasteiger partial charge in [-0.05, 0) is 12.8 Å². The maximum atomic E-state index is 14.7. The van der Waals surface area contributed by atoms with E-state index in [9.17, 15) is 101 Å². The molecule has 14 bridgehead atoms. The molecule has 56 nitrogen and oxygen atoms in total. The molecule has 22 fully saturated rings. The average Bonchev–Trinajstić information content (AvgIpc) is 0.837. The quantitative estimate of drug-likeness (QED) is 0.0618. The first-order chi connectivity index (χ1) is 68.2. The smallest absolute Gasteiger partial charge is 0.303 e. The first-order valence-corrected chi connectivity index (χ1v) is 45.9. The largest absolute Gasteiger partial charge is 0.463 e. The standard InChI is InChI=1S/C89H121NO55/c1-33(91)112-27-55-62-69(119-40(8)98)77(127-48(16)106)85(134-55)142-64-57(29-114-35(3)93)136-87(79(129-50(18)108)71(64)121-42(10)100)144-66-59(31-116-37(5)95)138-89(81(131-52(20)110)73(66)123-44(12)102)145-67-60(32-117-38(6)96)137-88(80(130-51(19)109)74(67)124-45(13)103)143-65-58(30-115-36(4)94)135-86(78(128-49(17)107)72(65)122-43(11)101)141-63-56(28-113-34(2)92)133-84(76(126-47(15)105)70(63)120-41(9)99)139-61-54(26-90-82(111)53-24-22-21-23-25-53)132-83(140-62)75(125-46(14)104)68(61)118-39(7)97/h53-81,83-89H,21-32H2,1-20H3,(H,90,111). The van der Waals surface area contributed by atoms with Crippen LogP contribution in [0.3, 0.4) is 0 Å². The van der Waals surface area contributed by atoms with Crippen molar-refractivity contribution < 1.29 is 262 Å². The van der Waals surface area contributed by atoms with Gasteiger partial charge in [0.05, 0.1) is 0 Å². The van der Waals surface area contributed by atoms with Crippen LogP contribution in [-0.4, -0.2) is 386 Å². The fourth-order valence-electron chi connectivity index (χ4n) is 17.5. The molecule has 0 spiro atoms. The number of hydrogen-bond acceptors (Lipinski definition) is 55. The van der Waals surface area contributed by atoms with Gasteiger partial charge in [-0.15, -0.1) is 0 Å². The van der Waals surface area contributed by atoms with Crippen LogP contribution in [0.1, 0.15) is 171 Å². The molecule has 1 aliphatic carbocycles. The second-order valence-corrected chi connectivity index (χ2v) is 34.4. The molecule has 21 saturated heterocycles. The van der Waals surface area contributed by atoms with Gasteiger partial charge in [0.25, 0.3) is 0 Å². The Balaban J connectivity index is 1.40. The van der Waals surface area contributed by atoms with Gasteiger partial charge in [-0.2, -0.15) is 0 Å². The summed E-state index contributed by atoms with van der Waals surface area (Å²) in [6, 6.07) is 0. The third-order valence-corrected chi connectivity index (χ3v) is 22.6. The zero-order valence-electron chi connectivity index (χ0n) is 82.7. The Bertz CT molecular complexity index is 4320. The molecule has 0 aromatic heterocycles. The Labute approximate surface area is 827 Å². The minimum atomic E-state index is -2.47. The van der Waals surface area contributed by atoms with Gasteiger partial charge in [0.2, 0.25) is 5.91 Å². The van der Waals surface area contributed by atoms with Crippen molar-refractivity contribution in [1.82, 2.24) is 5.32 Å². The molecule has 21 heterocycles. The molecule has 35 atom stereocenters. The molecule has 1 saturated carbocycles. The Morgan fingerprint density at radius 3 is 0.462 bits per heavy atom. The molecule has 1 amide bonds. The summed E-state index contributed by atoms with van der Waals surface area (Å²) in [6.45, 7) is 9.24. The number of carbonyl (C=O) groups is 21. The third-order valence-electron chi connectivity index (χ3n) is 22.6. The SMILES string of the molecule is CC(=O)OCC1OC2OC3C(COC(C)=O)OC(OC4C(COC(C)=O)OC(OC5C(COC(C)=O)OC(OC6C(COC(C)=O)OC(OC7C(COC(C)=O)OC(OC8C(CNC(=O)C9CCCCC9)OC(OC1C(OC(C)=O)C2OC(C)=O)C(OC(C)=O)C8OC(C)=O)C(OC(C)=O)C7OC(C)=O)C(OC(C)=O)C6OC(C)=O)C(OC(C)=O)C5OC(C)=O)C(OC(C)=O)C4OC(C)=O)C(OC(C)=O)C3OC(C)=O. The van der Waals surface area contributed by atoms with E-state index < -0.39 is 392 Å². The van der Waals surface area contributed by atoms with Crippen LogP contribution in [0.5, 0.6) is 0 Å². The van der Waals surface area contributed by atoms with Crippen molar-refractivity contribution in [1.29, 1.82) is 0 Å². The van der Waals surface area contributed by atoms with Crippen LogP contribution in [0, 0.1) is 5.92 Å². The summed E-state index contributed by atoms with van der Waals surface area (Å²) in [7, 11) is 0. The fraction of sp³-hybridized carbons (Fsp3) is 0.764. The molecule has 56 heteroatoms. The van der Waals surface area contributed by atoms with Gasteiger partial charge < -0.3 is 166 Å². The highest BCUT2D eigenvalue weighted by atomic mass is 16.8. The van der Waals surface area contributed by atoms with E-state index >= 15 is 0 Å². The van der Waals surface area contributed by atoms with Crippen LogP contribution in [0.4, 0.5) is 0 Å². The summed E-state index contributed by atoms with van der Waals surface area (Å²) >= 11 is 0. The molecule has 21 aliphatic heterocycles. The lowest BCUT2D eigenvalue weighted by molar-refractivity contribution is -0.396. The summed E-state index contributed by atoms with van der Waals surface area (Å²) in [6.07, 6.45) is -78.3. The van der Waals surface area contributed by atoms with Gasteiger partial charge >= 0.3 is 119 Å². The molecular weight excluding hydrogens is 1960 g/mol. The second-order valence-electron chi connectivity index (χ2n) is 34.4. The molecule has 35 unspecified atom stereocenters. The molecule has 0 aromatic carbocycles. The van der Waals surface area contributed by atoms with Gasteiger partial charge in [0, 0.05) is 151 Å². The molecule has 22 aliphatic rings. The first-order valence-electron chi connectivity index (χ1n) is 45.9. The number of carbonyl (C=O) groups excluding carboxylic acids is 21. The zero-order valence-corrected chi connectivity index (χ0v) is 82.7. The topological polar surface area (TPSA) is 684 Å². The van der Waals surface area contributed by atoms with Crippen LogP contribution >= 0.6 is 0 Å². The summed E-state index contributed by atoms with van der Waals surface area (Å²) in [5.74, 6) is -26.1. The summed E-state index contributed by atoms with van der Waals surface area (Å²) in [5, 5.41) is 2.78. The van der Waals surface area contributed by atoms with Crippen LogP contribution < -0.4 is 5.32 Å². The van der Waals surface area contributed by atoms with Crippen LogP contribution in [0.25, 0.3) is 0 Å². The molecule has 0 radical (unpaired) electrons. The van der Waals surface area contributed by atoms with Gasteiger partial charge in [-0.3, -0.25) is 101 Å². The van der Waals surface area contributed by atoms with Crippen molar-refractivity contribution >= 4 is 125 Å². The van der Waals surface area contributed by atoms with E-state index in [4.69, 9.17) is 161 Å². The number of esters is 20. The predicted octanol–water partition coefficient (Wildman–Crippen LogP) is -2.11. The van der Waals surface area contributed by atoms with E-state index in [2.05, 4.69) is 5.32 Å². The maximum Gasteiger partial charge on any atom is 0.303 e. The van der Waals surface area contributed by atoms with E-state index in [1.54, 1.807) is 0 Å². The van der Waals surface area contributed by atoms with Crippen LogP contribution in [0.2, 0.25) is 0 Å². The highest BCUT2D eigenvalue weighted by molar-refractivity contribution is 5.79. The molecule has 1 N–H and O–H groups in total. The van der Waals surface area contributed by atoms with Gasteiger partial charge in [0.1, 0.15) is 125 Å². The molecule has 22 rings (SSSR count). The molecule has 812 valence electrons. The molecule has 0 aromatic rings.